The van der Waals surface area contributed by atoms with E-state index in [-0.39, 0.29) is 17.3 Å². The minimum atomic E-state index is -3.50. The zero-order chi connectivity index (χ0) is 30.6. The van der Waals surface area contributed by atoms with Gasteiger partial charge in [-0.1, -0.05) is 12.1 Å². The maximum Gasteiger partial charge on any atom is 0.232 e. The van der Waals surface area contributed by atoms with E-state index in [1.165, 1.54) is 17.5 Å². The molecule has 0 atom stereocenters. The maximum atomic E-state index is 12.2. The molecule has 0 unspecified atom stereocenters. The van der Waals surface area contributed by atoms with Crippen molar-refractivity contribution in [1.82, 2.24) is 19.8 Å². The van der Waals surface area contributed by atoms with Crippen LogP contribution in [0.1, 0.15) is 18.4 Å². The largest absolute Gasteiger partial charge is 0.494 e. The summed E-state index contributed by atoms with van der Waals surface area (Å²) in [6.07, 6.45) is 4.84. The average molecular weight is 606 g/mol. The minimum absolute atomic E-state index is 0.213. The average Bonchev–Trinajstić information content (AvgIpc) is 3.01. The van der Waals surface area contributed by atoms with Crippen molar-refractivity contribution < 1.29 is 13.2 Å². The molecule has 0 saturated carbocycles. The maximum absolute atomic E-state index is 12.2. The molecule has 2 fully saturated rings. The first-order chi connectivity index (χ1) is 20.7. The Hall–Kier alpha value is -4.12. The summed E-state index contributed by atoms with van der Waals surface area (Å²) in [6.45, 7) is 6.57. The van der Waals surface area contributed by atoms with Crippen LogP contribution in [0.15, 0.2) is 48.7 Å². The van der Waals surface area contributed by atoms with Crippen molar-refractivity contribution in [2.45, 2.75) is 18.9 Å². The number of hydrogen-bond acceptors (Lipinski definition) is 11. The molecule has 2 aliphatic rings. The Balaban J connectivity index is 1.30. The van der Waals surface area contributed by atoms with Gasteiger partial charge in [-0.25, -0.2) is 13.4 Å². The Bertz CT molecular complexity index is 1580. The highest BCUT2D eigenvalue weighted by Gasteiger charge is 2.27. The number of nitriles is 1. The molecular formula is C30H39N9O3S. The molecule has 12 nitrogen and oxygen atoms in total. The molecule has 43 heavy (non-hydrogen) atoms. The van der Waals surface area contributed by atoms with Gasteiger partial charge in [0.05, 0.1) is 36.6 Å². The lowest BCUT2D eigenvalue weighted by Gasteiger charge is -2.42. The monoisotopic (exact) mass is 605 g/mol. The van der Waals surface area contributed by atoms with E-state index >= 15 is 0 Å². The molecule has 0 bridgehead atoms. The molecule has 0 aliphatic carbocycles. The topological polar surface area (TPSA) is 130 Å². The van der Waals surface area contributed by atoms with Gasteiger partial charge in [-0.2, -0.15) is 10.2 Å². The van der Waals surface area contributed by atoms with Crippen LogP contribution in [-0.4, -0.2) is 101 Å². The number of piperidine rings is 1. The van der Waals surface area contributed by atoms with Gasteiger partial charge in [0, 0.05) is 64.1 Å². The third-order valence-corrected chi connectivity index (χ3v) is 9.41. The number of methoxy groups -OCH3 is 1. The lowest BCUT2D eigenvalue weighted by molar-refractivity contribution is 0.0982. The Morgan fingerprint density at radius 1 is 1.02 bits per heavy atom. The molecule has 2 saturated heterocycles. The Morgan fingerprint density at radius 2 is 1.74 bits per heavy atom. The number of hydrogen-bond donors (Lipinski definition) is 2. The first kappa shape index (κ1) is 30.3. The van der Waals surface area contributed by atoms with Crippen molar-refractivity contribution in [3.8, 4) is 11.8 Å². The van der Waals surface area contributed by atoms with Gasteiger partial charge in [0.1, 0.15) is 17.4 Å². The van der Waals surface area contributed by atoms with Crippen LogP contribution in [-0.2, 0) is 10.0 Å². The molecule has 0 amide bonds. The van der Waals surface area contributed by atoms with Crippen molar-refractivity contribution in [1.29, 1.82) is 5.26 Å². The molecular weight excluding hydrogens is 566 g/mol. The first-order valence-corrected chi connectivity index (χ1v) is 16.2. The van der Waals surface area contributed by atoms with Crippen LogP contribution in [0.4, 0.5) is 34.5 Å². The van der Waals surface area contributed by atoms with E-state index in [1.54, 1.807) is 31.4 Å². The second kappa shape index (κ2) is 13.0. The fourth-order valence-corrected chi connectivity index (χ4v) is 6.07. The fraction of sp³-hybridized carbons (Fsp3) is 0.433. The lowest BCUT2D eigenvalue weighted by atomic mass is 10.0. The molecule has 13 heteroatoms. The number of rotatable bonds is 9. The normalized spacial score (nSPS) is 16.9. The summed E-state index contributed by atoms with van der Waals surface area (Å²) in [5, 5.41) is 16.0. The number of sulfonamides is 1. The zero-order valence-corrected chi connectivity index (χ0v) is 25.9. The molecule has 2 aromatic carbocycles. The zero-order valence-electron chi connectivity index (χ0n) is 25.1. The summed E-state index contributed by atoms with van der Waals surface area (Å²) in [5.74, 6) is 1.16. The van der Waals surface area contributed by atoms with Crippen LogP contribution in [0.5, 0.6) is 5.75 Å². The standard InChI is InChI=1S/C30H39N9O3S/c1-36-15-17-39(18-16-36)23-11-13-38(14-12-23)24-9-10-26(28(19-24)42-3)34-30-32-21-22(20-31)29(35-30)33-25-7-5-6-8-27(25)37(2)43(4,40)41/h5-10,19,21,23H,11-18H2,1-4H3,(H2,32,33,34,35). The molecule has 3 heterocycles. The Labute approximate surface area is 253 Å². The number of aromatic nitrogens is 2. The van der Waals surface area contributed by atoms with Crippen molar-refractivity contribution in [3.05, 3.63) is 54.2 Å². The van der Waals surface area contributed by atoms with Crippen LogP contribution in [0.3, 0.4) is 0 Å². The summed E-state index contributed by atoms with van der Waals surface area (Å²) in [4.78, 5) is 16.3. The second-order valence-corrected chi connectivity index (χ2v) is 13.0. The number of nitrogens with one attached hydrogen (secondary N) is 2. The third kappa shape index (κ3) is 7.10. The number of likely N-dealkylation sites (N-methyl/N-ethyl adjacent to an activating group) is 1. The molecule has 228 valence electrons. The van der Waals surface area contributed by atoms with Gasteiger partial charge in [0.15, 0.2) is 5.82 Å². The van der Waals surface area contributed by atoms with Gasteiger partial charge in [0.2, 0.25) is 16.0 Å². The van der Waals surface area contributed by atoms with Gasteiger partial charge < -0.3 is 25.2 Å². The van der Waals surface area contributed by atoms with Crippen LogP contribution in [0.25, 0.3) is 0 Å². The highest BCUT2D eigenvalue weighted by Crippen LogP contribution is 2.34. The summed E-state index contributed by atoms with van der Waals surface area (Å²) >= 11 is 0. The predicted molar refractivity (Wildman–Crippen MR) is 170 cm³/mol. The minimum Gasteiger partial charge on any atom is -0.494 e. The quantitative estimate of drug-likeness (QED) is 0.372. The summed E-state index contributed by atoms with van der Waals surface area (Å²) < 4.78 is 31.3. The number of piperazine rings is 1. The highest BCUT2D eigenvalue weighted by atomic mass is 32.2. The van der Waals surface area contributed by atoms with Crippen LogP contribution >= 0.6 is 0 Å². The lowest BCUT2D eigenvalue weighted by Crippen LogP contribution is -2.52. The molecule has 0 spiro atoms. The smallest absolute Gasteiger partial charge is 0.232 e. The summed E-state index contributed by atoms with van der Waals surface area (Å²) in [6, 6.07) is 15.7. The number of benzene rings is 2. The Kier molecular flexibility index (Phi) is 9.19. The number of anilines is 6. The van der Waals surface area contributed by atoms with Crippen LogP contribution in [0, 0.1) is 11.3 Å². The van der Waals surface area contributed by atoms with Crippen LogP contribution in [0.2, 0.25) is 0 Å². The van der Waals surface area contributed by atoms with Gasteiger partial charge in [-0.3, -0.25) is 9.21 Å². The van der Waals surface area contributed by atoms with Crippen molar-refractivity contribution in [2.24, 2.45) is 0 Å². The molecule has 2 aliphatic heterocycles. The van der Waals surface area contributed by atoms with Gasteiger partial charge in [-0.05, 0) is 44.2 Å². The Morgan fingerprint density at radius 3 is 2.42 bits per heavy atom. The van der Waals surface area contributed by atoms with Gasteiger partial charge in [0.25, 0.3) is 0 Å². The SMILES string of the molecule is COc1cc(N2CCC(N3CCN(C)CC3)CC2)ccc1Nc1ncc(C#N)c(Nc2ccccc2N(C)S(C)(=O)=O)n1. The number of para-hydroxylation sites is 2. The summed E-state index contributed by atoms with van der Waals surface area (Å²) in [5.41, 5.74) is 2.91. The van der Waals surface area contributed by atoms with E-state index < -0.39 is 10.0 Å². The molecule has 3 aromatic rings. The van der Waals surface area contributed by atoms with Crippen molar-refractivity contribution in [2.75, 3.05) is 86.6 Å². The number of nitrogens with zero attached hydrogens (tertiary/aromatic N) is 7. The van der Waals surface area contributed by atoms with Crippen LogP contribution < -0.4 is 24.6 Å². The van der Waals surface area contributed by atoms with E-state index in [1.807, 2.05) is 12.1 Å². The van der Waals surface area contributed by atoms with Gasteiger partial charge >= 0.3 is 0 Å². The van der Waals surface area contributed by atoms with E-state index in [0.717, 1.165) is 64.1 Å². The van der Waals surface area contributed by atoms with E-state index in [9.17, 15) is 13.7 Å². The van der Waals surface area contributed by atoms with E-state index in [2.05, 4.69) is 54.5 Å². The van der Waals surface area contributed by atoms with E-state index in [0.29, 0.717) is 28.9 Å². The number of ether oxygens (including phenoxy) is 1. The molecule has 2 N–H and O–H groups in total. The molecule has 5 rings (SSSR count). The fourth-order valence-electron chi connectivity index (χ4n) is 5.56. The van der Waals surface area contributed by atoms with Crippen molar-refractivity contribution in [3.63, 3.8) is 0 Å². The highest BCUT2D eigenvalue weighted by molar-refractivity contribution is 7.92. The third-order valence-electron chi connectivity index (χ3n) is 8.22. The molecule has 1 aromatic heterocycles. The van der Waals surface area contributed by atoms with Gasteiger partial charge in [-0.15, -0.1) is 0 Å². The second-order valence-electron chi connectivity index (χ2n) is 11.0. The predicted octanol–water partition coefficient (Wildman–Crippen LogP) is 3.46. The first-order valence-electron chi connectivity index (χ1n) is 14.4. The summed E-state index contributed by atoms with van der Waals surface area (Å²) in [7, 11) is 1.79. The van der Waals surface area contributed by atoms with E-state index in [4.69, 9.17) is 4.74 Å². The molecule has 0 radical (unpaired) electrons. The van der Waals surface area contributed by atoms with Crippen molar-refractivity contribution >= 4 is 44.5 Å².